The number of aliphatic imine (C=N–C) groups is 1. The summed E-state index contributed by atoms with van der Waals surface area (Å²) in [5.41, 5.74) is 1.12. The van der Waals surface area contributed by atoms with Crippen molar-refractivity contribution in [3.8, 4) is 5.75 Å². The Morgan fingerprint density at radius 2 is 2.10 bits per heavy atom. The first-order chi connectivity index (χ1) is 14.7. The number of rotatable bonds is 10. The second-order valence-corrected chi connectivity index (χ2v) is 8.01. The molecule has 3 rings (SSSR count). The molecule has 2 saturated heterocycles. The summed E-state index contributed by atoms with van der Waals surface area (Å²) in [5.74, 6) is 1.63. The highest BCUT2D eigenvalue weighted by Crippen LogP contribution is 2.31. The van der Waals surface area contributed by atoms with Crippen LogP contribution in [0.5, 0.6) is 5.75 Å². The van der Waals surface area contributed by atoms with Gasteiger partial charge in [-0.25, -0.2) is 0 Å². The molecule has 1 unspecified atom stereocenters. The molecule has 30 heavy (non-hydrogen) atoms. The molecule has 0 aromatic heterocycles. The summed E-state index contributed by atoms with van der Waals surface area (Å²) in [6.07, 6.45) is 1.70. The molecule has 8 heteroatoms. The Kier molecular flexibility index (Phi) is 9.20. The number of aliphatic hydroxyl groups is 1. The number of benzene rings is 1. The molecule has 1 atom stereocenters. The highest BCUT2D eigenvalue weighted by molar-refractivity contribution is 5.79. The standard InChI is InChI=1S/C22H36N4O4/c1-23-21(25-17-22(5-10-27)6-11-29-18-22)24-16-19-3-2-4-20(15-19)30-14-9-26-7-12-28-13-8-26/h2-4,15,27H,5-14,16-18H2,1H3,(H2,23,24,25). The second-order valence-electron chi connectivity index (χ2n) is 8.01. The van der Waals surface area contributed by atoms with Crippen LogP contribution in [0, 0.1) is 5.41 Å². The fourth-order valence-corrected chi connectivity index (χ4v) is 3.85. The smallest absolute Gasteiger partial charge is 0.191 e. The van der Waals surface area contributed by atoms with Crippen LogP contribution < -0.4 is 15.4 Å². The van der Waals surface area contributed by atoms with Gasteiger partial charge in [0.15, 0.2) is 5.96 Å². The molecule has 0 aliphatic carbocycles. The Balaban J connectivity index is 1.42. The Hall–Kier alpha value is -1.87. The Bertz CT molecular complexity index is 658. The number of hydrogen-bond acceptors (Lipinski definition) is 6. The number of guanidine groups is 1. The van der Waals surface area contributed by atoms with Crippen molar-refractivity contribution in [3.63, 3.8) is 0 Å². The van der Waals surface area contributed by atoms with Gasteiger partial charge in [0.25, 0.3) is 0 Å². The average molecular weight is 421 g/mol. The molecule has 2 fully saturated rings. The van der Waals surface area contributed by atoms with Crippen molar-refractivity contribution in [2.45, 2.75) is 19.4 Å². The van der Waals surface area contributed by atoms with Gasteiger partial charge in [0.05, 0.1) is 19.8 Å². The molecular formula is C22H36N4O4. The fraction of sp³-hybridized carbons (Fsp3) is 0.682. The molecule has 2 aliphatic rings. The van der Waals surface area contributed by atoms with Gasteiger partial charge in [-0.2, -0.15) is 0 Å². The lowest BCUT2D eigenvalue weighted by Gasteiger charge is -2.27. The first kappa shape index (κ1) is 22.8. The van der Waals surface area contributed by atoms with E-state index in [4.69, 9.17) is 14.2 Å². The van der Waals surface area contributed by atoms with E-state index in [2.05, 4.69) is 32.7 Å². The summed E-state index contributed by atoms with van der Waals surface area (Å²) in [7, 11) is 1.77. The summed E-state index contributed by atoms with van der Waals surface area (Å²) in [6, 6.07) is 8.16. The molecule has 0 spiro atoms. The number of hydrogen-bond donors (Lipinski definition) is 3. The zero-order valence-electron chi connectivity index (χ0n) is 18.1. The number of morpholine rings is 1. The Morgan fingerprint density at radius 1 is 1.23 bits per heavy atom. The topological polar surface area (TPSA) is 87.6 Å². The maximum Gasteiger partial charge on any atom is 0.191 e. The molecule has 2 heterocycles. The van der Waals surface area contributed by atoms with Gasteiger partial charge in [0.2, 0.25) is 0 Å². The lowest BCUT2D eigenvalue weighted by molar-refractivity contribution is 0.0322. The van der Waals surface area contributed by atoms with Crippen LogP contribution in [0.25, 0.3) is 0 Å². The fourth-order valence-electron chi connectivity index (χ4n) is 3.85. The van der Waals surface area contributed by atoms with Crippen LogP contribution in [0.3, 0.4) is 0 Å². The maximum atomic E-state index is 9.38. The minimum absolute atomic E-state index is 0.0133. The van der Waals surface area contributed by atoms with Gasteiger partial charge < -0.3 is 30.0 Å². The zero-order valence-corrected chi connectivity index (χ0v) is 18.1. The molecule has 2 aliphatic heterocycles. The second kappa shape index (κ2) is 12.1. The van der Waals surface area contributed by atoms with Gasteiger partial charge in [-0.3, -0.25) is 9.89 Å². The van der Waals surface area contributed by atoms with E-state index >= 15 is 0 Å². The van der Waals surface area contributed by atoms with E-state index in [0.717, 1.165) is 76.1 Å². The first-order valence-electron chi connectivity index (χ1n) is 10.9. The van der Waals surface area contributed by atoms with Crippen LogP contribution in [0.1, 0.15) is 18.4 Å². The largest absolute Gasteiger partial charge is 0.492 e. The van der Waals surface area contributed by atoms with Gasteiger partial charge in [-0.05, 0) is 30.5 Å². The third kappa shape index (κ3) is 7.12. The molecule has 8 nitrogen and oxygen atoms in total. The lowest BCUT2D eigenvalue weighted by atomic mass is 9.84. The third-order valence-corrected chi connectivity index (χ3v) is 5.82. The molecule has 1 aromatic rings. The van der Waals surface area contributed by atoms with Crippen LogP contribution in [0.2, 0.25) is 0 Å². The highest BCUT2D eigenvalue weighted by Gasteiger charge is 2.34. The predicted octanol–water partition coefficient (Wildman–Crippen LogP) is 0.852. The lowest BCUT2D eigenvalue weighted by Crippen LogP contribution is -2.44. The molecule has 0 saturated carbocycles. The van der Waals surface area contributed by atoms with Gasteiger partial charge in [0, 0.05) is 58.4 Å². The predicted molar refractivity (Wildman–Crippen MR) is 117 cm³/mol. The first-order valence-corrected chi connectivity index (χ1v) is 10.9. The van der Waals surface area contributed by atoms with Crippen molar-refractivity contribution < 1.29 is 19.3 Å². The van der Waals surface area contributed by atoms with Gasteiger partial charge in [-0.15, -0.1) is 0 Å². The van der Waals surface area contributed by atoms with Crippen LogP contribution in [0.15, 0.2) is 29.3 Å². The SMILES string of the molecule is CN=C(NCc1cccc(OCCN2CCOCC2)c1)NCC1(CCO)CCOC1. The molecule has 168 valence electrons. The van der Waals surface area contributed by atoms with Crippen LogP contribution >= 0.6 is 0 Å². The molecular weight excluding hydrogens is 384 g/mol. The van der Waals surface area contributed by atoms with E-state index < -0.39 is 0 Å². The van der Waals surface area contributed by atoms with Crippen molar-refractivity contribution in [1.29, 1.82) is 0 Å². The summed E-state index contributed by atoms with van der Waals surface area (Å²) in [4.78, 5) is 6.69. The van der Waals surface area contributed by atoms with E-state index in [9.17, 15) is 5.11 Å². The van der Waals surface area contributed by atoms with Crippen molar-refractivity contribution in [2.24, 2.45) is 10.4 Å². The molecule has 3 N–H and O–H groups in total. The van der Waals surface area contributed by atoms with Gasteiger partial charge in [-0.1, -0.05) is 12.1 Å². The van der Waals surface area contributed by atoms with Crippen molar-refractivity contribution in [2.75, 3.05) is 72.9 Å². The minimum Gasteiger partial charge on any atom is -0.492 e. The van der Waals surface area contributed by atoms with Gasteiger partial charge in [0.1, 0.15) is 12.4 Å². The number of nitrogens with one attached hydrogen (secondary N) is 2. The zero-order chi connectivity index (χ0) is 21.1. The molecule has 0 radical (unpaired) electrons. The summed E-state index contributed by atoms with van der Waals surface area (Å²) in [5, 5.41) is 16.1. The van der Waals surface area contributed by atoms with Crippen molar-refractivity contribution >= 4 is 5.96 Å². The van der Waals surface area contributed by atoms with Crippen LogP contribution in [0.4, 0.5) is 0 Å². The Labute approximate surface area is 179 Å². The number of ether oxygens (including phenoxy) is 3. The molecule has 0 bridgehead atoms. The van der Waals surface area contributed by atoms with Gasteiger partial charge >= 0.3 is 0 Å². The quantitative estimate of drug-likeness (QED) is 0.382. The summed E-state index contributed by atoms with van der Waals surface area (Å²) in [6.45, 7) is 8.17. The summed E-state index contributed by atoms with van der Waals surface area (Å²) < 4.78 is 16.9. The van der Waals surface area contributed by atoms with Crippen molar-refractivity contribution in [3.05, 3.63) is 29.8 Å². The normalized spacial score (nSPS) is 22.8. The maximum absolute atomic E-state index is 9.38. The minimum atomic E-state index is -0.0133. The molecule has 0 amide bonds. The van der Waals surface area contributed by atoms with Crippen LogP contribution in [-0.2, 0) is 16.0 Å². The van der Waals surface area contributed by atoms with E-state index in [-0.39, 0.29) is 12.0 Å². The van der Waals surface area contributed by atoms with Crippen LogP contribution in [-0.4, -0.2) is 88.8 Å². The van der Waals surface area contributed by atoms with Crippen molar-refractivity contribution in [1.82, 2.24) is 15.5 Å². The molecule has 1 aromatic carbocycles. The third-order valence-electron chi connectivity index (χ3n) is 5.82. The monoisotopic (exact) mass is 420 g/mol. The highest BCUT2D eigenvalue weighted by atomic mass is 16.5. The van der Waals surface area contributed by atoms with E-state index in [1.807, 2.05) is 12.1 Å². The van der Waals surface area contributed by atoms with E-state index in [1.165, 1.54) is 0 Å². The number of nitrogens with zero attached hydrogens (tertiary/aromatic N) is 2. The average Bonchev–Trinajstić information content (AvgIpc) is 3.24. The van der Waals surface area contributed by atoms with E-state index in [0.29, 0.717) is 19.8 Å². The number of aliphatic hydroxyl groups excluding tert-OH is 1. The van der Waals surface area contributed by atoms with E-state index in [1.54, 1.807) is 7.05 Å². The summed E-state index contributed by atoms with van der Waals surface area (Å²) >= 11 is 0. The Morgan fingerprint density at radius 3 is 2.83 bits per heavy atom.